The van der Waals surface area contributed by atoms with Gasteiger partial charge in [-0.25, -0.2) is 4.98 Å². The minimum Gasteiger partial charge on any atom is -0.493 e. The first kappa shape index (κ1) is 30.0. The number of amides is 2. The lowest BCUT2D eigenvalue weighted by molar-refractivity contribution is -0.123. The lowest BCUT2D eigenvalue weighted by atomic mass is 9.97. The minimum atomic E-state index is -0.509. The topological polar surface area (TPSA) is 141 Å². The summed E-state index contributed by atoms with van der Waals surface area (Å²) >= 11 is 6.62. The van der Waals surface area contributed by atoms with Crippen molar-refractivity contribution in [3.8, 4) is 28.4 Å². The average Bonchev–Trinajstić information content (AvgIpc) is 3.42. The highest BCUT2D eigenvalue weighted by Crippen LogP contribution is 2.34. The Labute approximate surface area is 265 Å². The van der Waals surface area contributed by atoms with Crippen LogP contribution in [0.25, 0.3) is 11.1 Å². The van der Waals surface area contributed by atoms with Gasteiger partial charge in [0.2, 0.25) is 5.95 Å². The van der Waals surface area contributed by atoms with E-state index >= 15 is 0 Å². The normalized spacial score (nSPS) is 18.3. The smallest absolute Gasteiger partial charge is 0.258 e. The number of methoxy groups -OCH3 is 1. The summed E-state index contributed by atoms with van der Waals surface area (Å²) in [6.45, 7) is 4.58. The van der Waals surface area contributed by atoms with Gasteiger partial charge in [0.25, 0.3) is 11.8 Å². The minimum absolute atomic E-state index is 0.104. The second-order valence-corrected chi connectivity index (χ2v) is 11.4. The number of hydrogen-bond donors (Lipinski definition) is 3. The molecule has 3 aromatic carbocycles. The van der Waals surface area contributed by atoms with Crippen LogP contribution < -0.4 is 35.5 Å². The van der Waals surface area contributed by atoms with Gasteiger partial charge in [-0.15, -0.1) is 0 Å². The summed E-state index contributed by atoms with van der Waals surface area (Å²) < 4.78 is 18.0. The van der Waals surface area contributed by atoms with Gasteiger partial charge in [0, 0.05) is 18.7 Å². The van der Waals surface area contributed by atoms with Crippen LogP contribution in [0.4, 0.5) is 11.8 Å². The van der Waals surface area contributed by atoms with E-state index in [1.165, 1.54) is 0 Å². The van der Waals surface area contributed by atoms with E-state index in [0.29, 0.717) is 52.4 Å². The fraction of sp³-hybridized carbons (Fsp3) is 0.273. The van der Waals surface area contributed by atoms with Crippen molar-refractivity contribution < 1.29 is 23.8 Å². The van der Waals surface area contributed by atoms with Gasteiger partial charge in [0.05, 0.1) is 25.4 Å². The number of benzene rings is 3. The molecule has 1 saturated heterocycles. The van der Waals surface area contributed by atoms with Crippen LogP contribution in [0.1, 0.15) is 27.2 Å². The summed E-state index contributed by atoms with van der Waals surface area (Å²) in [5.41, 5.74) is 10.5. The summed E-state index contributed by atoms with van der Waals surface area (Å²) in [6, 6.07) is 18.0. The largest absolute Gasteiger partial charge is 0.493 e. The number of rotatable bonds is 2. The van der Waals surface area contributed by atoms with E-state index in [0.717, 1.165) is 22.3 Å². The standard InChI is InChI=1S/C33H33ClN6O5/c1-18-7-9-22-13-24(18)21-5-4-6-23(12-21)44-17-29(41)36-14-20-8-10-26(27(11-20)43-3)45-28-16-40(15-25(28)38-32(22)42)31-30(34)19(2)37-33(35)39-31/h4-13,25,28H,14-17H2,1-3H3,(H,36,41)(H,38,42)(H2,35,37,39)/t25-,28-/m0/s1. The van der Waals surface area contributed by atoms with E-state index in [2.05, 4.69) is 20.6 Å². The van der Waals surface area contributed by atoms with Gasteiger partial charge < -0.3 is 35.5 Å². The molecule has 2 atom stereocenters. The average molecular weight is 629 g/mol. The molecule has 3 aliphatic heterocycles. The number of nitrogens with zero attached hydrogens (tertiary/aromatic N) is 3. The molecule has 4 heterocycles. The number of aromatic nitrogens is 2. The van der Waals surface area contributed by atoms with Crippen molar-refractivity contribution in [1.82, 2.24) is 20.6 Å². The molecule has 7 rings (SSSR count). The molecule has 4 N–H and O–H groups in total. The van der Waals surface area contributed by atoms with Crippen LogP contribution in [0.2, 0.25) is 5.02 Å². The molecular weight excluding hydrogens is 596 g/mol. The highest BCUT2D eigenvalue weighted by molar-refractivity contribution is 6.33. The molecule has 45 heavy (non-hydrogen) atoms. The predicted molar refractivity (Wildman–Crippen MR) is 171 cm³/mol. The van der Waals surface area contributed by atoms with Crippen LogP contribution in [-0.4, -0.2) is 60.7 Å². The van der Waals surface area contributed by atoms with Gasteiger partial charge in [-0.3, -0.25) is 9.59 Å². The van der Waals surface area contributed by atoms with Gasteiger partial charge in [0.1, 0.15) is 16.9 Å². The zero-order chi connectivity index (χ0) is 31.7. The molecule has 0 unspecified atom stereocenters. The van der Waals surface area contributed by atoms with Crippen molar-refractivity contribution in [2.45, 2.75) is 32.5 Å². The van der Waals surface area contributed by atoms with Gasteiger partial charge in [0.15, 0.2) is 23.9 Å². The van der Waals surface area contributed by atoms with Gasteiger partial charge >= 0.3 is 0 Å². The number of hydrogen-bond acceptors (Lipinski definition) is 9. The molecule has 0 radical (unpaired) electrons. The molecule has 3 aliphatic rings. The maximum absolute atomic E-state index is 13.8. The summed E-state index contributed by atoms with van der Waals surface area (Å²) in [6.07, 6.45) is -0.509. The molecule has 2 amide bonds. The van der Waals surface area contributed by atoms with Crippen molar-refractivity contribution in [1.29, 1.82) is 0 Å². The van der Waals surface area contributed by atoms with Gasteiger partial charge in [-0.05, 0) is 72.5 Å². The highest BCUT2D eigenvalue weighted by Gasteiger charge is 2.38. The lowest BCUT2D eigenvalue weighted by Gasteiger charge is -2.23. The Morgan fingerprint density at radius 1 is 1.02 bits per heavy atom. The second-order valence-electron chi connectivity index (χ2n) is 11.1. The number of carbonyl (C=O) groups is 2. The quantitative estimate of drug-likeness (QED) is 0.299. The number of carbonyl (C=O) groups excluding carboxylic acids is 2. The fourth-order valence-electron chi connectivity index (χ4n) is 5.54. The maximum atomic E-state index is 13.8. The monoisotopic (exact) mass is 628 g/mol. The zero-order valence-electron chi connectivity index (χ0n) is 25.1. The van der Waals surface area contributed by atoms with E-state index in [9.17, 15) is 9.59 Å². The van der Waals surface area contributed by atoms with E-state index in [-0.39, 0.29) is 30.9 Å². The Morgan fingerprint density at radius 3 is 2.69 bits per heavy atom. The Balaban J connectivity index is 1.39. The molecule has 12 heteroatoms. The van der Waals surface area contributed by atoms with Gasteiger partial charge in [-0.1, -0.05) is 35.9 Å². The van der Waals surface area contributed by atoms with Crippen molar-refractivity contribution in [3.63, 3.8) is 0 Å². The van der Waals surface area contributed by atoms with Crippen LogP contribution in [0, 0.1) is 13.8 Å². The third kappa shape index (κ3) is 6.44. The van der Waals surface area contributed by atoms with Crippen LogP contribution in [0.3, 0.4) is 0 Å². The van der Waals surface area contributed by atoms with E-state index in [4.69, 9.17) is 31.5 Å². The number of fused-ring (bicyclic) bond motifs is 7. The summed E-state index contributed by atoms with van der Waals surface area (Å²) in [4.78, 5) is 36.9. The van der Waals surface area contributed by atoms with Crippen LogP contribution in [0.5, 0.6) is 17.2 Å². The maximum Gasteiger partial charge on any atom is 0.258 e. The number of halogens is 1. The Kier molecular flexibility index (Phi) is 8.36. The first-order chi connectivity index (χ1) is 21.7. The molecule has 1 aromatic heterocycles. The number of nitrogens with one attached hydrogen (secondary N) is 2. The van der Waals surface area contributed by atoms with Crippen molar-refractivity contribution in [2.75, 3.05) is 37.4 Å². The highest BCUT2D eigenvalue weighted by atomic mass is 35.5. The molecule has 4 aromatic rings. The summed E-state index contributed by atoms with van der Waals surface area (Å²) in [5, 5.41) is 6.45. The zero-order valence-corrected chi connectivity index (χ0v) is 25.9. The van der Waals surface area contributed by atoms with E-state index < -0.39 is 12.1 Å². The second kappa shape index (κ2) is 12.5. The first-order valence-corrected chi connectivity index (χ1v) is 14.9. The molecule has 6 bridgehead atoms. The molecule has 0 aliphatic carbocycles. The van der Waals surface area contributed by atoms with Crippen LogP contribution in [-0.2, 0) is 11.3 Å². The molecule has 232 valence electrons. The van der Waals surface area contributed by atoms with Crippen molar-refractivity contribution >= 4 is 35.2 Å². The number of nitrogen functional groups attached to an aromatic ring is 1. The van der Waals surface area contributed by atoms with E-state index in [1.807, 2.05) is 48.2 Å². The van der Waals surface area contributed by atoms with Crippen molar-refractivity contribution in [3.05, 3.63) is 88.1 Å². The number of ether oxygens (including phenoxy) is 3. The number of aryl methyl sites for hydroxylation is 2. The van der Waals surface area contributed by atoms with Crippen LogP contribution in [0.15, 0.2) is 60.7 Å². The molecule has 11 nitrogen and oxygen atoms in total. The first-order valence-electron chi connectivity index (χ1n) is 14.5. The number of anilines is 2. The Bertz CT molecular complexity index is 1780. The summed E-state index contributed by atoms with van der Waals surface area (Å²) in [7, 11) is 1.55. The molecule has 0 saturated carbocycles. The molecule has 1 fully saturated rings. The molecule has 0 spiro atoms. The van der Waals surface area contributed by atoms with E-state index in [1.54, 1.807) is 38.3 Å². The third-order valence-electron chi connectivity index (χ3n) is 7.91. The summed E-state index contributed by atoms with van der Waals surface area (Å²) in [5.74, 6) is 1.55. The Morgan fingerprint density at radius 2 is 1.87 bits per heavy atom. The predicted octanol–water partition coefficient (Wildman–Crippen LogP) is 4.08. The molecular formula is C33H33ClN6O5. The SMILES string of the molecule is COc1cc2ccc1O[C@H]1CN(c3nc(N)nc(C)c3Cl)C[C@@H]1NC(=O)c1ccc(C)c(c1)-c1cccc(c1)OCC(=O)NC2. The fourth-order valence-corrected chi connectivity index (χ4v) is 5.75. The number of nitrogens with two attached hydrogens (primary N) is 1. The van der Waals surface area contributed by atoms with Gasteiger partial charge in [-0.2, -0.15) is 4.98 Å². The van der Waals surface area contributed by atoms with Crippen molar-refractivity contribution in [2.24, 2.45) is 0 Å². The lowest BCUT2D eigenvalue weighted by Crippen LogP contribution is -2.45. The van der Waals surface area contributed by atoms with Crippen LogP contribution >= 0.6 is 11.6 Å². The third-order valence-corrected chi connectivity index (χ3v) is 8.35. The Hall–Kier alpha value is -5.03.